The number of nitrogens with zero attached hydrogens (tertiary/aromatic N) is 4. The molecule has 0 saturated heterocycles. The smallest absolute Gasteiger partial charge is 0.263 e. The quantitative estimate of drug-likeness (QED) is 0.668. The van der Waals surface area contributed by atoms with Gasteiger partial charge in [0.2, 0.25) is 0 Å². The van der Waals surface area contributed by atoms with Crippen LogP contribution in [0.4, 0.5) is 5.95 Å². The molecule has 0 aliphatic carbocycles. The molecule has 25 heavy (non-hydrogen) atoms. The summed E-state index contributed by atoms with van der Waals surface area (Å²) in [6.07, 6.45) is 0. The van der Waals surface area contributed by atoms with E-state index in [2.05, 4.69) is 20.7 Å². The molecule has 0 bridgehead atoms. The Morgan fingerprint density at radius 2 is 1.96 bits per heavy atom. The average molecular weight is 378 g/mol. The standard InChI is InChI=1S/C17H17Cl2N5O/c1-2-24-22-17(21-23-24)20-10-12-5-3-4-6-16(12)25-11-13-7-8-14(18)9-15(13)19/h3-9H,2,10-11H2,1H3,(H,20,22). The molecule has 0 radical (unpaired) electrons. The monoisotopic (exact) mass is 377 g/mol. The minimum absolute atomic E-state index is 0.358. The first-order valence-corrected chi connectivity index (χ1v) is 8.57. The van der Waals surface area contributed by atoms with Crippen molar-refractivity contribution in [1.29, 1.82) is 0 Å². The number of aromatic nitrogens is 4. The zero-order valence-corrected chi connectivity index (χ0v) is 15.1. The summed E-state index contributed by atoms with van der Waals surface area (Å²) in [4.78, 5) is 1.52. The van der Waals surface area contributed by atoms with Gasteiger partial charge in [0.1, 0.15) is 12.4 Å². The first-order chi connectivity index (χ1) is 12.2. The summed E-state index contributed by atoms with van der Waals surface area (Å²) in [7, 11) is 0. The van der Waals surface area contributed by atoms with Crippen molar-refractivity contribution in [3.63, 3.8) is 0 Å². The maximum Gasteiger partial charge on any atom is 0.263 e. The minimum atomic E-state index is 0.358. The summed E-state index contributed by atoms with van der Waals surface area (Å²) < 4.78 is 5.93. The van der Waals surface area contributed by atoms with E-state index in [1.165, 1.54) is 4.80 Å². The summed E-state index contributed by atoms with van der Waals surface area (Å²) in [5.74, 6) is 1.25. The number of para-hydroxylation sites is 1. The highest BCUT2D eigenvalue weighted by molar-refractivity contribution is 6.35. The largest absolute Gasteiger partial charge is 0.488 e. The van der Waals surface area contributed by atoms with Crippen LogP contribution in [-0.4, -0.2) is 20.2 Å². The van der Waals surface area contributed by atoms with Gasteiger partial charge in [-0.15, -0.1) is 5.10 Å². The Labute approximate surface area is 155 Å². The van der Waals surface area contributed by atoms with Gasteiger partial charge in [0, 0.05) is 27.7 Å². The SMILES string of the molecule is CCn1nnc(NCc2ccccc2OCc2ccc(Cl)cc2Cl)n1. The van der Waals surface area contributed by atoms with Crippen molar-refractivity contribution in [2.24, 2.45) is 0 Å². The van der Waals surface area contributed by atoms with Crippen molar-refractivity contribution in [3.8, 4) is 5.75 Å². The molecule has 0 saturated carbocycles. The Balaban J connectivity index is 1.65. The highest BCUT2D eigenvalue weighted by atomic mass is 35.5. The van der Waals surface area contributed by atoms with Gasteiger partial charge in [0.15, 0.2) is 0 Å². The number of anilines is 1. The lowest BCUT2D eigenvalue weighted by Gasteiger charge is -2.12. The lowest BCUT2D eigenvalue weighted by atomic mass is 10.2. The zero-order valence-electron chi connectivity index (χ0n) is 13.6. The van der Waals surface area contributed by atoms with E-state index in [4.69, 9.17) is 27.9 Å². The molecule has 1 N–H and O–H groups in total. The molecule has 2 aromatic carbocycles. The Bertz CT molecular complexity index is 853. The predicted molar refractivity (Wildman–Crippen MR) is 98.1 cm³/mol. The van der Waals surface area contributed by atoms with E-state index in [-0.39, 0.29) is 0 Å². The second kappa shape index (κ2) is 8.18. The summed E-state index contributed by atoms with van der Waals surface area (Å²) in [5.41, 5.74) is 1.86. The van der Waals surface area contributed by atoms with Gasteiger partial charge < -0.3 is 10.1 Å². The van der Waals surface area contributed by atoms with Crippen molar-refractivity contribution in [2.75, 3.05) is 5.32 Å². The van der Waals surface area contributed by atoms with Gasteiger partial charge in [-0.05, 0) is 30.3 Å². The number of hydrogen-bond donors (Lipinski definition) is 1. The zero-order chi connectivity index (χ0) is 17.6. The summed E-state index contributed by atoms with van der Waals surface area (Å²) >= 11 is 12.1. The Morgan fingerprint density at radius 1 is 1.12 bits per heavy atom. The highest BCUT2D eigenvalue weighted by Gasteiger charge is 2.07. The van der Waals surface area contributed by atoms with Crippen LogP contribution < -0.4 is 10.1 Å². The highest BCUT2D eigenvalue weighted by Crippen LogP contribution is 2.24. The molecule has 0 atom stereocenters. The predicted octanol–water partition coefficient (Wildman–Crippen LogP) is 4.19. The molecule has 130 valence electrons. The van der Waals surface area contributed by atoms with Crippen LogP contribution in [0.5, 0.6) is 5.75 Å². The molecule has 1 aromatic heterocycles. The average Bonchev–Trinajstić information content (AvgIpc) is 3.08. The van der Waals surface area contributed by atoms with Crippen LogP contribution in [0.3, 0.4) is 0 Å². The van der Waals surface area contributed by atoms with Gasteiger partial charge in [0.05, 0.1) is 6.54 Å². The number of benzene rings is 2. The third kappa shape index (κ3) is 4.61. The van der Waals surface area contributed by atoms with Crippen molar-refractivity contribution >= 4 is 29.2 Å². The van der Waals surface area contributed by atoms with Gasteiger partial charge >= 0.3 is 0 Å². The minimum Gasteiger partial charge on any atom is -0.488 e. The number of hydrogen-bond acceptors (Lipinski definition) is 5. The lowest BCUT2D eigenvalue weighted by Crippen LogP contribution is -2.05. The molecule has 0 amide bonds. The third-order valence-electron chi connectivity index (χ3n) is 3.54. The van der Waals surface area contributed by atoms with Gasteiger partial charge in [-0.3, -0.25) is 0 Å². The van der Waals surface area contributed by atoms with Crippen molar-refractivity contribution in [2.45, 2.75) is 26.6 Å². The third-order valence-corrected chi connectivity index (χ3v) is 4.13. The van der Waals surface area contributed by atoms with Crippen LogP contribution >= 0.6 is 23.2 Å². The molecule has 0 aliphatic heterocycles. The van der Waals surface area contributed by atoms with Crippen LogP contribution in [0.2, 0.25) is 10.0 Å². The lowest BCUT2D eigenvalue weighted by molar-refractivity contribution is 0.303. The first-order valence-electron chi connectivity index (χ1n) is 7.82. The molecule has 3 aromatic rings. The van der Waals surface area contributed by atoms with E-state index in [1.54, 1.807) is 12.1 Å². The molecule has 8 heteroatoms. The van der Waals surface area contributed by atoms with Gasteiger partial charge in [-0.2, -0.15) is 4.80 Å². The van der Waals surface area contributed by atoms with Crippen LogP contribution in [0.15, 0.2) is 42.5 Å². The molecule has 6 nitrogen and oxygen atoms in total. The maximum atomic E-state index is 6.19. The fraction of sp³-hybridized carbons (Fsp3) is 0.235. The van der Waals surface area contributed by atoms with Gasteiger partial charge in [-0.1, -0.05) is 52.6 Å². The van der Waals surface area contributed by atoms with Crippen LogP contribution in [0.1, 0.15) is 18.1 Å². The van der Waals surface area contributed by atoms with Crippen LogP contribution in [0, 0.1) is 0 Å². The first kappa shape index (κ1) is 17.5. The summed E-state index contributed by atoms with van der Waals surface area (Å²) in [6.45, 7) is 3.52. The van der Waals surface area contributed by atoms with Crippen molar-refractivity contribution in [1.82, 2.24) is 20.2 Å². The summed E-state index contributed by atoms with van der Waals surface area (Å²) in [6, 6.07) is 13.1. The van der Waals surface area contributed by atoms with Crippen molar-refractivity contribution in [3.05, 3.63) is 63.6 Å². The number of tetrazole rings is 1. The molecule has 0 unspecified atom stereocenters. The maximum absolute atomic E-state index is 6.19. The van der Waals surface area contributed by atoms with Crippen LogP contribution in [0.25, 0.3) is 0 Å². The summed E-state index contributed by atoms with van der Waals surface area (Å²) in [5, 5.41) is 16.4. The Morgan fingerprint density at radius 3 is 2.72 bits per heavy atom. The van der Waals surface area contributed by atoms with E-state index in [0.29, 0.717) is 35.7 Å². The van der Waals surface area contributed by atoms with Crippen LogP contribution in [-0.2, 0) is 19.7 Å². The topological polar surface area (TPSA) is 64.9 Å². The molecular weight excluding hydrogens is 361 g/mol. The van der Waals surface area contributed by atoms with Gasteiger partial charge in [0.25, 0.3) is 5.95 Å². The second-order valence-corrected chi connectivity index (χ2v) is 6.13. The van der Waals surface area contributed by atoms with Gasteiger partial charge in [-0.25, -0.2) is 0 Å². The molecule has 3 rings (SSSR count). The van der Waals surface area contributed by atoms with E-state index in [0.717, 1.165) is 16.9 Å². The fourth-order valence-electron chi connectivity index (χ4n) is 2.21. The van der Waals surface area contributed by atoms with E-state index in [1.807, 2.05) is 37.3 Å². The number of aryl methyl sites for hydroxylation is 1. The number of halogens is 2. The second-order valence-electron chi connectivity index (χ2n) is 5.29. The van der Waals surface area contributed by atoms with E-state index >= 15 is 0 Å². The number of rotatable bonds is 7. The molecule has 0 aliphatic rings. The molecule has 0 spiro atoms. The van der Waals surface area contributed by atoms with Crippen molar-refractivity contribution < 1.29 is 4.74 Å². The van der Waals surface area contributed by atoms with E-state index < -0.39 is 0 Å². The normalized spacial score (nSPS) is 10.7. The molecular formula is C17H17Cl2N5O. The number of nitrogens with one attached hydrogen (secondary N) is 1. The molecule has 1 heterocycles. The number of ether oxygens (including phenoxy) is 1. The molecule has 0 fully saturated rings. The Kier molecular flexibility index (Phi) is 5.73. The Hall–Kier alpha value is -2.31. The fourth-order valence-corrected chi connectivity index (χ4v) is 2.67. The van der Waals surface area contributed by atoms with E-state index in [9.17, 15) is 0 Å².